The monoisotopic (exact) mass is 282 g/mol. The lowest BCUT2D eigenvalue weighted by atomic mass is 10.2. The van der Waals surface area contributed by atoms with Gasteiger partial charge in [-0.1, -0.05) is 30.3 Å². The molecule has 3 rings (SSSR count). The predicted molar refractivity (Wildman–Crippen MR) is 78.6 cm³/mol. The van der Waals surface area contributed by atoms with E-state index in [1.165, 1.54) is 6.07 Å². The molecule has 2 aromatic heterocycles. The first-order valence-electron chi connectivity index (χ1n) is 6.44. The summed E-state index contributed by atoms with van der Waals surface area (Å²) >= 11 is 0. The zero-order chi connectivity index (χ0) is 14.8. The van der Waals surface area contributed by atoms with E-state index in [0.29, 0.717) is 23.9 Å². The molecule has 1 aromatic carbocycles. The van der Waals surface area contributed by atoms with Crippen molar-refractivity contribution in [3.05, 3.63) is 58.1 Å². The number of aromatic amines is 1. The number of nitrogen functional groups attached to an aromatic ring is 1. The van der Waals surface area contributed by atoms with Gasteiger partial charge >= 0.3 is 0 Å². The van der Waals surface area contributed by atoms with Gasteiger partial charge in [-0.15, -0.1) is 0 Å². The number of aryl methyl sites for hydroxylation is 1. The Labute approximate surface area is 120 Å². The molecule has 0 amide bonds. The Hall–Kier alpha value is -2.96. The van der Waals surface area contributed by atoms with Crippen molar-refractivity contribution in [2.75, 3.05) is 5.73 Å². The van der Waals surface area contributed by atoms with E-state index in [9.17, 15) is 4.79 Å². The highest BCUT2D eigenvalue weighted by atomic mass is 16.1. The number of aromatic nitrogens is 5. The molecule has 0 aliphatic rings. The summed E-state index contributed by atoms with van der Waals surface area (Å²) in [5.74, 6) is 1.19. The molecular weight excluding hydrogens is 268 g/mol. The van der Waals surface area contributed by atoms with Gasteiger partial charge in [0, 0.05) is 6.07 Å². The number of benzene rings is 1. The summed E-state index contributed by atoms with van der Waals surface area (Å²) in [6.07, 6.45) is 0. The van der Waals surface area contributed by atoms with E-state index in [4.69, 9.17) is 5.73 Å². The van der Waals surface area contributed by atoms with Gasteiger partial charge in [0.2, 0.25) is 5.95 Å². The number of nitrogens with two attached hydrogens (primary N) is 1. The van der Waals surface area contributed by atoms with Crippen molar-refractivity contribution in [3.63, 3.8) is 0 Å². The highest BCUT2D eigenvalue weighted by Crippen LogP contribution is 2.15. The molecule has 7 nitrogen and oxygen atoms in total. The third-order valence-corrected chi connectivity index (χ3v) is 2.94. The number of nitrogens with zero attached hydrogens (tertiary/aromatic N) is 4. The molecule has 0 bridgehead atoms. The van der Waals surface area contributed by atoms with Crippen LogP contribution in [0.4, 0.5) is 5.95 Å². The molecule has 0 spiro atoms. The smallest absolute Gasteiger partial charge is 0.252 e. The van der Waals surface area contributed by atoms with Crippen LogP contribution in [0.3, 0.4) is 0 Å². The molecule has 2 heterocycles. The van der Waals surface area contributed by atoms with Gasteiger partial charge in [-0.3, -0.25) is 9.78 Å². The second kappa shape index (κ2) is 5.20. The average molecular weight is 282 g/mol. The van der Waals surface area contributed by atoms with Crippen molar-refractivity contribution in [1.29, 1.82) is 0 Å². The Kier molecular flexibility index (Phi) is 3.23. The summed E-state index contributed by atoms with van der Waals surface area (Å²) in [7, 11) is 0. The normalized spacial score (nSPS) is 10.7. The molecule has 3 N–H and O–H groups in total. The maximum atomic E-state index is 11.5. The topological polar surface area (TPSA) is 102 Å². The van der Waals surface area contributed by atoms with Gasteiger partial charge in [0.15, 0.2) is 5.82 Å². The van der Waals surface area contributed by atoms with Crippen LogP contribution in [0, 0.1) is 6.92 Å². The Morgan fingerprint density at radius 2 is 2.00 bits per heavy atom. The lowest BCUT2D eigenvalue weighted by Gasteiger charge is -2.05. The van der Waals surface area contributed by atoms with Gasteiger partial charge in [0.25, 0.3) is 5.56 Å². The molecule has 0 aliphatic heterocycles. The fourth-order valence-electron chi connectivity index (χ4n) is 2.10. The molecule has 3 aromatic rings. The van der Waals surface area contributed by atoms with Gasteiger partial charge in [-0.25, -0.2) is 14.6 Å². The standard InChI is InChI=1S/C14H14N6O/c1-9-16-13(11-7-12(21)18-14(15)17-11)20(19-9)8-10-5-3-2-4-6-10/h2-7H,8H2,1H3,(H3,15,17,18,21). The van der Waals surface area contributed by atoms with Crippen molar-refractivity contribution in [2.45, 2.75) is 13.5 Å². The fraction of sp³-hybridized carbons (Fsp3) is 0.143. The minimum Gasteiger partial charge on any atom is -0.369 e. The molecule has 0 saturated carbocycles. The summed E-state index contributed by atoms with van der Waals surface area (Å²) in [6, 6.07) is 11.2. The third kappa shape index (κ3) is 2.81. The summed E-state index contributed by atoms with van der Waals surface area (Å²) < 4.78 is 1.71. The molecular formula is C14H14N6O. The van der Waals surface area contributed by atoms with E-state index in [1.807, 2.05) is 30.3 Å². The van der Waals surface area contributed by atoms with Crippen LogP contribution < -0.4 is 11.3 Å². The van der Waals surface area contributed by atoms with Crippen molar-refractivity contribution < 1.29 is 0 Å². The van der Waals surface area contributed by atoms with E-state index in [1.54, 1.807) is 11.6 Å². The predicted octanol–water partition coefficient (Wildman–Crippen LogP) is 0.967. The summed E-state index contributed by atoms with van der Waals surface area (Å²) in [5, 5.41) is 4.35. The highest BCUT2D eigenvalue weighted by Gasteiger charge is 2.13. The molecule has 0 unspecified atom stereocenters. The molecule has 0 radical (unpaired) electrons. The van der Waals surface area contributed by atoms with E-state index >= 15 is 0 Å². The maximum absolute atomic E-state index is 11.5. The SMILES string of the molecule is Cc1nc(-c2cc(=O)[nH]c(N)n2)n(Cc2ccccc2)n1. The third-order valence-electron chi connectivity index (χ3n) is 2.94. The van der Waals surface area contributed by atoms with Crippen LogP contribution in [0.25, 0.3) is 11.5 Å². The average Bonchev–Trinajstić information content (AvgIpc) is 2.80. The Morgan fingerprint density at radius 3 is 2.71 bits per heavy atom. The Morgan fingerprint density at radius 1 is 1.24 bits per heavy atom. The molecule has 0 fully saturated rings. The van der Waals surface area contributed by atoms with Crippen LogP contribution in [0.5, 0.6) is 0 Å². The lowest BCUT2D eigenvalue weighted by molar-refractivity contribution is 0.684. The highest BCUT2D eigenvalue weighted by molar-refractivity contribution is 5.50. The zero-order valence-electron chi connectivity index (χ0n) is 11.4. The number of hydrogen-bond donors (Lipinski definition) is 2. The van der Waals surface area contributed by atoms with E-state index in [2.05, 4.69) is 20.1 Å². The maximum Gasteiger partial charge on any atom is 0.252 e. The second-order valence-corrected chi connectivity index (χ2v) is 4.64. The van der Waals surface area contributed by atoms with Gasteiger partial charge in [-0.05, 0) is 12.5 Å². The number of rotatable bonds is 3. The summed E-state index contributed by atoms with van der Waals surface area (Å²) in [6.45, 7) is 2.34. The number of anilines is 1. The first kappa shape index (κ1) is 13.0. The summed E-state index contributed by atoms with van der Waals surface area (Å²) in [5.41, 5.74) is 6.76. The Bertz CT molecular complexity index is 821. The molecule has 0 saturated heterocycles. The van der Waals surface area contributed by atoms with Gasteiger partial charge in [0.05, 0.1) is 6.54 Å². The van der Waals surface area contributed by atoms with Crippen LogP contribution in [0.2, 0.25) is 0 Å². The van der Waals surface area contributed by atoms with Crippen molar-refractivity contribution in [1.82, 2.24) is 24.7 Å². The van der Waals surface area contributed by atoms with Crippen LogP contribution in [0.1, 0.15) is 11.4 Å². The molecule has 0 aliphatic carbocycles. The number of hydrogen-bond acceptors (Lipinski definition) is 5. The van der Waals surface area contributed by atoms with Gasteiger partial charge < -0.3 is 5.73 Å². The molecule has 106 valence electrons. The minimum atomic E-state index is -0.315. The van der Waals surface area contributed by atoms with Crippen LogP contribution in [-0.4, -0.2) is 24.7 Å². The number of H-pyrrole nitrogens is 1. The number of nitrogens with one attached hydrogen (secondary N) is 1. The first-order valence-corrected chi connectivity index (χ1v) is 6.44. The minimum absolute atomic E-state index is 0.0596. The van der Waals surface area contributed by atoms with E-state index in [-0.39, 0.29) is 11.5 Å². The zero-order valence-corrected chi connectivity index (χ0v) is 11.4. The van der Waals surface area contributed by atoms with Gasteiger partial charge in [-0.2, -0.15) is 5.10 Å². The fourth-order valence-corrected chi connectivity index (χ4v) is 2.10. The van der Waals surface area contributed by atoms with Crippen molar-refractivity contribution in [2.24, 2.45) is 0 Å². The second-order valence-electron chi connectivity index (χ2n) is 4.64. The molecule has 21 heavy (non-hydrogen) atoms. The molecule has 0 atom stereocenters. The van der Waals surface area contributed by atoms with E-state index < -0.39 is 0 Å². The van der Waals surface area contributed by atoms with Crippen LogP contribution in [-0.2, 0) is 6.54 Å². The molecule has 7 heteroatoms. The van der Waals surface area contributed by atoms with Gasteiger partial charge in [0.1, 0.15) is 11.5 Å². The Balaban J connectivity index is 2.05. The van der Waals surface area contributed by atoms with E-state index in [0.717, 1.165) is 5.56 Å². The van der Waals surface area contributed by atoms with Crippen molar-refractivity contribution in [3.8, 4) is 11.5 Å². The largest absolute Gasteiger partial charge is 0.369 e. The van der Waals surface area contributed by atoms with Crippen LogP contribution in [0.15, 0.2) is 41.2 Å². The van der Waals surface area contributed by atoms with Crippen LogP contribution >= 0.6 is 0 Å². The quantitative estimate of drug-likeness (QED) is 0.745. The first-order chi connectivity index (χ1) is 10.1. The summed E-state index contributed by atoms with van der Waals surface area (Å²) in [4.78, 5) is 22.4. The lowest BCUT2D eigenvalue weighted by Crippen LogP contribution is -2.12. The van der Waals surface area contributed by atoms with Crippen molar-refractivity contribution >= 4 is 5.95 Å².